The molecule has 2 heteroatoms. The second-order valence-corrected chi connectivity index (χ2v) is 6.22. The standard InChI is InChI=1S/C10H15NTe/c1-8-3-5-10(6-4-8)12-7-9(2)11/h3-6,9H,7,11H2,1-2H3. The molecule has 1 atom stereocenters. The first-order valence-corrected chi connectivity index (χ1v) is 6.95. The maximum absolute atomic E-state index is 5.70. The number of hydrogen-bond donors (Lipinski definition) is 1. The molecule has 1 rings (SSSR count). The molecule has 0 radical (unpaired) electrons. The van der Waals surface area contributed by atoms with Crippen molar-refractivity contribution in [2.24, 2.45) is 5.73 Å². The van der Waals surface area contributed by atoms with Gasteiger partial charge in [-0.05, 0) is 0 Å². The molecule has 12 heavy (non-hydrogen) atoms. The molecule has 0 aliphatic carbocycles. The molecule has 66 valence electrons. The molecule has 0 heterocycles. The molecular formula is C10H15NTe. The summed E-state index contributed by atoms with van der Waals surface area (Å²) in [5.74, 6) is 0. The number of aryl methyl sites for hydroxylation is 1. The van der Waals surface area contributed by atoms with Crippen LogP contribution in [0.4, 0.5) is 0 Å². The van der Waals surface area contributed by atoms with E-state index in [-0.39, 0.29) is 20.9 Å². The molecule has 0 aliphatic heterocycles. The first-order valence-electron chi connectivity index (χ1n) is 4.13. The van der Waals surface area contributed by atoms with E-state index in [1.807, 2.05) is 0 Å². The monoisotopic (exact) mass is 279 g/mol. The molecule has 2 N–H and O–H groups in total. The van der Waals surface area contributed by atoms with Gasteiger partial charge in [-0.2, -0.15) is 0 Å². The Labute approximate surface area is 84.4 Å². The number of nitrogens with two attached hydrogens (primary N) is 1. The second kappa shape index (κ2) is 4.87. The fourth-order valence-corrected chi connectivity index (χ4v) is 3.10. The molecule has 0 fully saturated rings. The average molecular weight is 277 g/mol. The predicted molar refractivity (Wildman–Crippen MR) is 55.0 cm³/mol. The van der Waals surface area contributed by atoms with Crippen molar-refractivity contribution in [2.45, 2.75) is 24.4 Å². The third-order valence-electron chi connectivity index (χ3n) is 1.53. The van der Waals surface area contributed by atoms with Gasteiger partial charge >= 0.3 is 84.5 Å². The second-order valence-electron chi connectivity index (χ2n) is 3.10. The Kier molecular flexibility index (Phi) is 4.08. The van der Waals surface area contributed by atoms with Crippen LogP contribution in [-0.2, 0) is 0 Å². The van der Waals surface area contributed by atoms with Crippen LogP contribution in [0.3, 0.4) is 0 Å². The zero-order valence-electron chi connectivity index (χ0n) is 7.58. The Balaban J connectivity index is 2.48. The summed E-state index contributed by atoms with van der Waals surface area (Å²) in [4.78, 5) is 0. The van der Waals surface area contributed by atoms with Gasteiger partial charge in [0.1, 0.15) is 0 Å². The molecule has 1 nitrogen and oxygen atoms in total. The molecule has 1 aromatic carbocycles. The van der Waals surface area contributed by atoms with Crippen LogP contribution in [0, 0.1) is 6.92 Å². The van der Waals surface area contributed by atoms with E-state index in [0.29, 0.717) is 6.04 Å². The number of benzene rings is 1. The van der Waals surface area contributed by atoms with Gasteiger partial charge in [0, 0.05) is 0 Å². The van der Waals surface area contributed by atoms with Crippen molar-refractivity contribution in [1.82, 2.24) is 0 Å². The van der Waals surface area contributed by atoms with Gasteiger partial charge in [0.2, 0.25) is 0 Å². The topological polar surface area (TPSA) is 26.0 Å². The Morgan fingerprint density at radius 2 is 1.92 bits per heavy atom. The van der Waals surface area contributed by atoms with Crippen LogP contribution in [0.2, 0.25) is 4.47 Å². The van der Waals surface area contributed by atoms with Crippen molar-refractivity contribution in [3.8, 4) is 0 Å². The van der Waals surface area contributed by atoms with E-state index >= 15 is 0 Å². The molecule has 0 amide bonds. The zero-order valence-corrected chi connectivity index (χ0v) is 9.91. The molecule has 0 aliphatic rings. The Hall–Kier alpha value is -0.0304. The normalized spacial score (nSPS) is 12.9. The average Bonchev–Trinajstić information content (AvgIpc) is 2.03. The molecular weight excluding hydrogens is 262 g/mol. The fourth-order valence-electron chi connectivity index (χ4n) is 0.862. The van der Waals surface area contributed by atoms with E-state index in [2.05, 4.69) is 38.1 Å². The first-order chi connectivity index (χ1) is 5.68. The Morgan fingerprint density at radius 3 is 2.42 bits per heavy atom. The van der Waals surface area contributed by atoms with E-state index in [1.165, 1.54) is 13.6 Å². The van der Waals surface area contributed by atoms with Crippen LogP contribution in [0.25, 0.3) is 0 Å². The van der Waals surface area contributed by atoms with E-state index in [1.54, 1.807) is 0 Å². The molecule has 0 saturated heterocycles. The fraction of sp³-hybridized carbons (Fsp3) is 0.400. The van der Waals surface area contributed by atoms with Gasteiger partial charge < -0.3 is 0 Å². The van der Waals surface area contributed by atoms with Crippen LogP contribution < -0.4 is 9.35 Å². The van der Waals surface area contributed by atoms with E-state index in [0.717, 1.165) is 0 Å². The Bertz CT molecular complexity index is 228. The SMILES string of the molecule is Cc1ccc([Te]CC(C)N)cc1. The van der Waals surface area contributed by atoms with E-state index in [9.17, 15) is 0 Å². The molecule has 0 bridgehead atoms. The van der Waals surface area contributed by atoms with Gasteiger partial charge in [0.05, 0.1) is 0 Å². The van der Waals surface area contributed by atoms with Crippen molar-refractivity contribution in [1.29, 1.82) is 0 Å². The van der Waals surface area contributed by atoms with Gasteiger partial charge in [-0.25, -0.2) is 0 Å². The van der Waals surface area contributed by atoms with Gasteiger partial charge in [-0.3, -0.25) is 0 Å². The summed E-state index contributed by atoms with van der Waals surface area (Å²) in [7, 11) is 0. The summed E-state index contributed by atoms with van der Waals surface area (Å²) < 4.78 is 2.72. The Morgan fingerprint density at radius 1 is 1.33 bits per heavy atom. The van der Waals surface area contributed by atoms with Crippen LogP contribution in [0.5, 0.6) is 0 Å². The van der Waals surface area contributed by atoms with Gasteiger partial charge in [-0.15, -0.1) is 0 Å². The quantitative estimate of drug-likeness (QED) is 0.822. The van der Waals surface area contributed by atoms with Gasteiger partial charge in [0.15, 0.2) is 0 Å². The van der Waals surface area contributed by atoms with Gasteiger partial charge in [0.25, 0.3) is 0 Å². The summed E-state index contributed by atoms with van der Waals surface area (Å²) >= 11 is -0.0234. The van der Waals surface area contributed by atoms with Crippen molar-refractivity contribution in [2.75, 3.05) is 0 Å². The number of hydrogen-bond acceptors (Lipinski definition) is 1. The summed E-state index contributed by atoms with van der Waals surface area (Å²) in [5, 5.41) is 0. The third kappa shape index (κ3) is 3.58. The third-order valence-corrected chi connectivity index (χ3v) is 5.24. The zero-order chi connectivity index (χ0) is 8.97. The molecule has 1 aromatic rings. The van der Waals surface area contributed by atoms with Gasteiger partial charge in [-0.1, -0.05) is 0 Å². The summed E-state index contributed by atoms with van der Waals surface area (Å²) in [5.41, 5.74) is 7.04. The van der Waals surface area contributed by atoms with Crippen LogP contribution in [0.15, 0.2) is 24.3 Å². The van der Waals surface area contributed by atoms with E-state index < -0.39 is 0 Å². The van der Waals surface area contributed by atoms with Crippen molar-refractivity contribution in [3.63, 3.8) is 0 Å². The molecule has 1 unspecified atom stereocenters. The molecule has 0 spiro atoms. The summed E-state index contributed by atoms with van der Waals surface area (Å²) in [6.45, 7) is 4.20. The van der Waals surface area contributed by atoms with Crippen LogP contribution >= 0.6 is 0 Å². The first kappa shape index (κ1) is 10.1. The summed E-state index contributed by atoms with van der Waals surface area (Å²) in [6, 6.07) is 9.20. The van der Waals surface area contributed by atoms with Crippen LogP contribution in [-0.4, -0.2) is 27.0 Å². The van der Waals surface area contributed by atoms with Crippen molar-refractivity contribution >= 4 is 24.5 Å². The predicted octanol–water partition coefficient (Wildman–Crippen LogP) is 1.09. The molecule has 0 saturated carbocycles. The minimum absolute atomic E-state index is 0.0234. The van der Waals surface area contributed by atoms with Crippen molar-refractivity contribution < 1.29 is 0 Å². The van der Waals surface area contributed by atoms with Crippen molar-refractivity contribution in [3.05, 3.63) is 29.8 Å². The number of rotatable bonds is 3. The van der Waals surface area contributed by atoms with E-state index in [4.69, 9.17) is 5.73 Å². The summed E-state index contributed by atoms with van der Waals surface area (Å²) in [6.07, 6.45) is 0. The molecule has 0 aromatic heterocycles. The minimum atomic E-state index is -0.0234. The van der Waals surface area contributed by atoms with Crippen LogP contribution in [0.1, 0.15) is 12.5 Å². The maximum atomic E-state index is 5.70.